The van der Waals surface area contributed by atoms with Gasteiger partial charge in [0.1, 0.15) is 0 Å². The van der Waals surface area contributed by atoms with Gasteiger partial charge in [0.2, 0.25) is 5.91 Å². The molecule has 2 aliphatic heterocycles. The zero-order valence-electron chi connectivity index (χ0n) is 11.8. The number of carbonyl (C=O) groups is 1. The number of hydrogen-bond donors (Lipinski definition) is 1. The van der Waals surface area contributed by atoms with Gasteiger partial charge in [-0.15, -0.1) is 0 Å². The van der Waals surface area contributed by atoms with E-state index in [-0.39, 0.29) is 5.91 Å². The highest BCUT2D eigenvalue weighted by Gasteiger charge is 2.25. The van der Waals surface area contributed by atoms with Gasteiger partial charge in [0.05, 0.1) is 6.54 Å². The van der Waals surface area contributed by atoms with Crippen LogP contribution >= 0.6 is 0 Å². The van der Waals surface area contributed by atoms with E-state index >= 15 is 0 Å². The number of amides is 1. The van der Waals surface area contributed by atoms with Crippen molar-refractivity contribution in [1.82, 2.24) is 15.3 Å². The van der Waals surface area contributed by atoms with Crippen molar-refractivity contribution in [2.24, 2.45) is 0 Å². The minimum Gasteiger partial charge on any atom is -0.342 e. The van der Waals surface area contributed by atoms with Crippen molar-refractivity contribution >= 4 is 5.91 Å². The highest BCUT2D eigenvalue weighted by Crippen LogP contribution is 2.20. The first-order valence-corrected chi connectivity index (χ1v) is 7.48. The van der Waals surface area contributed by atoms with Crippen LogP contribution < -0.4 is 5.43 Å². The maximum atomic E-state index is 12.1. The molecule has 0 saturated carbocycles. The monoisotopic (exact) mass is 253 g/mol. The van der Waals surface area contributed by atoms with Gasteiger partial charge in [-0.05, 0) is 46.0 Å². The standard InChI is InChI=1S/C14H27N3O/c1-12-7-6-8-13(2)17(12)15-11-14(18)16-9-4-3-5-10-16/h12-13,15H,3-11H2,1-2H3. The van der Waals surface area contributed by atoms with Crippen molar-refractivity contribution < 1.29 is 4.79 Å². The van der Waals surface area contributed by atoms with E-state index in [2.05, 4.69) is 24.3 Å². The summed E-state index contributed by atoms with van der Waals surface area (Å²) < 4.78 is 0. The van der Waals surface area contributed by atoms with Crippen LogP contribution in [0.1, 0.15) is 52.4 Å². The predicted molar refractivity (Wildman–Crippen MR) is 73.0 cm³/mol. The molecule has 2 saturated heterocycles. The van der Waals surface area contributed by atoms with Crippen LogP contribution in [-0.2, 0) is 4.79 Å². The minimum absolute atomic E-state index is 0.264. The third-order valence-corrected chi connectivity index (χ3v) is 4.32. The van der Waals surface area contributed by atoms with E-state index in [0.29, 0.717) is 18.6 Å². The molecule has 2 aliphatic rings. The van der Waals surface area contributed by atoms with Gasteiger partial charge in [-0.1, -0.05) is 6.42 Å². The molecule has 0 bridgehead atoms. The predicted octanol–water partition coefficient (Wildman–Crippen LogP) is 1.77. The maximum absolute atomic E-state index is 12.1. The molecule has 2 unspecified atom stereocenters. The molecule has 18 heavy (non-hydrogen) atoms. The Labute approximate surface area is 111 Å². The molecular formula is C14H27N3O. The van der Waals surface area contributed by atoms with Crippen LogP contribution in [0.15, 0.2) is 0 Å². The fourth-order valence-electron chi connectivity index (χ4n) is 3.15. The zero-order chi connectivity index (χ0) is 13.0. The highest BCUT2D eigenvalue weighted by atomic mass is 16.2. The normalized spacial score (nSPS) is 30.4. The third-order valence-electron chi connectivity index (χ3n) is 4.32. The molecule has 2 fully saturated rings. The lowest BCUT2D eigenvalue weighted by molar-refractivity contribution is -0.132. The fraction of sp³-hybridized carbons (Fsp3) is 0.929. The summed E-state index contributed by atoms with van der Waals surface area (Å²) in [5, 5.41) is 2.28. The lowest BCUT2D eigenvalue weighted by Gasteiger charge is -2.39. The van der Waals surface area contributed by atoms with Gasteiger partial charge in [0, 0.05) is 25.2 Å². The van der Waals surface area contributed by atoms with Gasteiger partial charge in [0.25, 0.3) is 0 Å². The van der Waals surface area contributed by atoms with E-state index in [4.69, 9.17) is 0 Å². The summed E-state index contributed by atoms with van der Waals surface area (Å²) in [6.45, 7) is 6.86. The van der Waals surface area contributed by atoms with Gasteiger partial charge < -0.3 is 4.90 Å². The van der Waals surface area contributed by atoms with Gasteiger partial charge in [0.15, 0.2) is 0 Å². The Morgan fingerprint density at radius 1 is 1.06 bits per heavy atom. The van der Waals surface area contributed by atoms with Crippen LogP contribution in [0, 0.1) is 0 Å². The van der Waals surface area contributed by atoms with Crippen LogP contribution in [0.4, 0.5) is 0 Å². The quantitative estimate of drug-likeness (QED) is 0.832. The molecular weight excluding hydrogens is 226 g/mol. The summed E-state index contributed by atoms with van der Waals surface area (Å²) >= 11 is 0. The van der Waals surface area contributed by atoms with E-state index in [1.807, 2.05) is 4.90 Å². The topological polar surface area (TPSA) is 35.6 Å². The second-order valence-corrected chi connectivity index (χ2v) is 5.81. The molecule has 0 aromatic rings. The van der Waals surface area contributed by atoms with Crippen molar-refractivity contribution in [3.63, 3.8) is 0 Å². The molecule has 4 heteroatoms. The number of carbonyl (C=O) groups excluding carboxylic acids is 1. The molecule has 0 radical (unpaired) electrons. The second kappa shape index (κ2) is 6.53. The molecule has 4 nitrogen and oxygen atoms in total. The van der Waals surface area contributed by atoms with Crippen LogP contribution in [-0.4, -0.2) is 47.5 Å². The average molecular weight is 253 g/mol. The SMILES string of the molecule is CC1CCCC(C)N1NCC(=O)N1CCCCC1. The number of hydrogen-bond acceptors (Lipinski definition) is 3. The van der Waals surface area contributed by atoms with E-state index < -0.39 is 0 Å². The first-order chi connectivity index (χ1) is 8.68. The number of hydrazine groups is 1. The largest absolute Gasteiger partial charge is 0.342 e. The summed E-state index contributed by atoms with van der Waals surface area (Å²) in [7, 11) is 0. The molecule has 0 aliphatic carbocycles. The Morgan fingerprint density at radius 2 is 1.67 bits per heavy atom. The maximum Gasteiger partial charge on any atom is 0.237 e. The lowest BCUT2D eigenvalue weighted by Crippen LogP contribution is -2.55. The summed E-state index contributed by atoms with van der Waals surface area (Å²) in [4.78, 5) is 14.1. The first kappa shape index (κ1) is 13.8. The molecule has 0 aromatic carbocycles. The van der Waals surface area contributed by atoms with E-state index in [0.717, 1.165) is 13.1 Å². The molecule has 2 rings (SSSR count). The molecule has 2 atom stereocenters. The average Bonchev–Trinajstić information content (AvgIpc) is 2.39. The molecule has 0 spiro atoms. The fourth-order valence-corrected chi connectivity index (χ4v) is 3.15. The van der Waals surface area contributed by atoms with Crippen molar-refractivity contribution in [2.75, 3.05) is 19.6 Å². The Kier molecular flexibility index (Phi) is 5.01. The summed E-state index contributed by atoms with van der Waals surface area (Å²) in [6.07, 6.45) is 7.38. The third kappa shape index (κ3) is 3.45. The Morgan fingerprint density at radius 3 is 2.28 bits per heavy atom. The summed E-state index contributed by atoms with van der Waals surface area (Å²) in [5.74, 6) is 0.264. The highest BCUT2D eigenvalue weighted by molar-refractivity contribution is 5.78. The minimum atomic E-state index is 0.264. The Hall–Kier alpha value is -0.610. The van der Waals surface area contributed by atoms with Crippen LogP contribution in [0.5, 0.6) is 0 Å². The van der Waals surface area contributed by atoms with Crippen LogP contribution in [0.2, 0.25) is 0 Å². The number of likely N-dealkylation sites (tertiary alicyclic amines) is 1. The lowest BCUT2D eigenvalue weighted by atomic mass is 10.00. The Balaban J connectivity index is 1.77. The van der Waals surface area contributed by atoms with E-state index in [9.17, 15) is 4.79 Å². The first-order valence-electron chi connectivity index (χ1n) is 7.48. The molecule has 2 heterocycles. The van der Waals surface area contributed by atoms with Crippen molar-refractivity contribution in [1.29, 1.82) is 0 Å². The molecule has 0 aromatic heterocycles. The number of nitrogens with one attached hydrogen (secondary N) is 1. The van der Waals surface area contributed by atoms with Crippen molar-refractivity contribution in [3.8, 4) is 0 Å². The van der Waals surface area contributed by atoms with Gasteiger partial charge in [-0.2, -0.15) is 0 Å². The molecule has 104 valence electrons. The number of nitrogens with zero attached hydrogens (tertiary/aromatic N) is 2. The van der Waals surface area contributed by atoms with E-state index in [1.165, 1.54) is 38.5 Å². The molecule has 1 amide bonds. The second-order valence-electron chi connectivity index (χ2n) is 5.81. The summed E-state index contributed by atoms with van der Waals surface area (Å²) in [5.41, 5.74) is 3.36. The number of piperidine rings is 2. The van der Waals surface area contributed by atoms with Gasteiger partial charge >= 0.3 is 0 Å². The summed E-state index contributed by atoms with van der Waals surface area (Å²) in [6, 6.07) is 1.09. The molecule has 1 N–H and O–H groups in total. The zero-order valence-corrected chi connectivity index (χ0v) is 11.8. The van der Waals surface area contributed by atoms with Crippen LogP contribution in [0.25, 0.3) is 0 Å². The smallest absolute Gasteiger partial charge is 0.237 e. The van der Waals surface area contributed by atoms with Crippen LogP contribution in [0.3, 0.4) is 0 Å². The van der Waals surface area contributed by atoms with E-state index in [1.54, 1.807) is 0 Å². The van der Waals surface area contributed by atoms with Crippen molar-refractivity contribution in [3.05, 3.63) is 0 Å². The van der Waals surface area contributed by atoms with Crippen molar-refractivity contribution in [2.45, 2.75) is 64.5 Å². The van der Waals surface area contributed by atoms with Gasteiger partial charge in [-0.25, -0.2) is 10.4 Å². The van der Waals surface area contributed by atoms with Gasteiger partial charge in [-0.3, -0.25) is 4.79 Å². The number of rotatable bonds is 3. The Bertz CT molecular complexity index is 266.